The number of nitrogens with one attached hydrogen (secondary N) is 1. The third-order valence-electron chi connectivity index (χ3n) is 6.05. The number of likely N-dealkylation sites (tertiary alicyclic amines) is 1. The minimum Gasteiger partial charge on any atom is -0.374 e. The van der Waals surface area contributed by atoms with Crippen molar-refractivity contribution in [2.45, 2.75) is 38.5 Å². The number of morpholine rings is 1. The number of hydrogen-bond acceptors (Lipinski definition) is 3. The van der Waals surface area contributed by atoms with Crippen LogP contribution in [0.5, 0.6) is 0 Å². The summed E-state index contributed by atoms with van der Waals surface area (Å²) >= 11 is 0. The number of benzene rings is 1. The molecule has 0 spiro atoms. The molecule has 1 amide bonds. The van der Waals surface area contributed by atoms with E-state index in [1.165, 1.54) is 10.9 Å². The number of amides is 1. The van der Waals surface area contributed by atoms with Crippen LogP contribution in [0, 0.1) is 6.92 Å². The Morgan fingerprint density at radius 3 is 2.93 bits per heavy atom. The van der Waals surface area contributed by atoms with Crippen molar-refractivity contribution < 1.29 is 9.53 Å². The molecule has 0 unspecified atom stereocenters. The molecule has 3 aromatic rings. The molecule has 4 heterocycles. The van der Waals surface area contributed by atoms with Gasteiger partial charge in [-0.2, -0.15) is 0 Å². The molecule has 5 rings (SSSR count). The number of aryl methyl sites for hydroxylation is 3. The van der Waals surface area contributed by atoms with Gasteiger partial charge in [0, 0.05) is 36.4 Å². The number of para-hydroxylation sites is 1. The molecule has 1 N–H and O–H groups in total. The smallest absolute Gasteiger partial charge is 0.263 e. The van der Waals surface area contributed by atoms with Crippen molar-refractivity contribution in [3.05, 3.63) is 69.8 Å². The summed E-state index contributed by atoms with van der Waals surface area (Å²) in [6, 6.07) is 10.1. The van der Waals surface area contributed by atoms with E-state index >= 15 is 0 Å². The highest BCUT2D eigenvalue weighted by molar-refractivity contribution is 5.95. The Morgan fingerprint density at radius 2 is 2.14 bits per heavy atom. The predicted octanol–water partition coefficient (Wildman–Crippen LogP) is 2.49. The van der Waals surface area contributed by atoms with Gasteiger partial charge in [0.05, 0.1) is 18.8 Å². The average Bonchev–Trinajstić information content (AvgIpc) is 3.43. The largest absolute Gasteiger partial charge is 0.374 e. The Balaban J connectivity index is 1.41. The number of ether oxygens (including phenoxy) is 1. The van der Waals surface area contributed by atoms with E-state index < -0.39 is 0 Å². The van der Waals surface area contributed by atoms with Gasteiger partial charge in [0.15, 0.2) is 0 Å². The highest BCUT2D eigenvalue weighted by Gasteiger charge is 2.42. The van der Waals surface area contributed by atoms with Gasteiger partial charge < -0.3 is 19.2 Å². The van der Waals surface area contributed by atoms with Gasteiger partial charge in [-0.3, -0.25) is 9.59 Å². The first kappa shape index (κ1) is 17.3. The molecular formula is C22H23N3O3. The standard InChI is InChI=1S/C22H23N3O3/c1-14-6-8-24(9-7-15-11-23-19-5-3-2-4-18(15)19)21(26)20(14)22(27)25-12-17-10-16(25)13-28-17/h2-6,8,11,16-17,23H,7,9-10,12-13H2,1H3/t16-,17-/m1/s1. The Kier molecular flexibility index (Phi) is 4.09. The van der Waals surface area contributed by atoms with Gasteiger partial charge in [0.1, 0.15) is 5.56 Å². The Morgan fingerprint density at radius 1 is 1.29 bits per heavy atom. The van der Waals surface area contributed by atoms with Crippen molar-refractivity contribution in [2.24, 2.45) is 0 Å². The van der Waals surface area contributed by atoms with Crippen molar-refractivity contribution in [2.75, 3.05) is 13.2 Å². The van der Waals surface area contributed by atoms with Gasteiger partial charge in [0.2, 0.25) is 0 Å². The Bertz CT molecular complexity index is 1110. The number of nitrogens with zero attached hydrogens (tertiary/aromatic N) is 2. The molecule has 6 heteroatoms. The molecule has 2 fully saturated rings. The maximum Gasteiger partial charge on any atom is 0.263 e. The molecule has 28 heavy (non-hydrogen) atoms. The number of H-pyrrole nitrogens is 1. The number of hydrogen-bond donors (Lipinski definition) is 1. The summed E-state index contributed by atoms with van der Waals surface area (Å²) < 4.78 is 7.25. The first-order valence-electron chi connectivity index (χ1n) is 9.79. The highest BCUT2D eigenvalue weighted by atomic mass is 16.5. The molecule has 2 saturated heterocycles. The third kappa shape index (κ3) is 2.76. The lowest BCUT2D eigenvalue weighted by molar-refractivity contribution is 0.0257. The van der Waals surface area contributed by atoms with Gasteiger partial charge in [-0.05, 0) is 43.0 Å². The van der Waals surface area contributed by atoms with E-state index in [0.29, 0.717) is 25.3 Å². The summed E-state index contributed by atoms with van der Waals surface area (Å²) in [6.45, 7) is 3.55. The summed E-state index contributed by atoms with van der Waals surface area (Å²) in [7, 11) is 0. The second-order valence-electron chi connectivity index (χ2n) is 7.78. The average molecular weight is 377 g/mol. The SMILES string of the molecule is Cc1ccn(CCc2c[nH]c3ccccc23)c(=O)c1C(=O)N1C[C@H]2C[C@@H]1CO2. The van der Waals surface area contributed by atoms with E-state index in [-0.39, 0.29) is 23.6 Å². The summed E-state index contributed by atoms with van der Waals surface area (Å²) in [5, 5.41) is 1.17. The van der Waals surface area contributed by atoms with Crippen LogP contribution >= 0.6 is 0 Å². The minimum absolute atomic E-state index is 0.108. The molecule has 144 valence electrons. The van der Waals surface area contributed by atoms with Crippen LogP contribution in [0.3, 0.4) is 0 Å². The minimum atomic E-state index is -0.200. The van der Waals surface area contributed by atoms with Crippen LogP contribution in [0.2, 0.25) is 0 Å². The lowest BCUT2D eigenvalue weighted by Crippen LogP contribution is -2.44. The third-order valence-corrected chi connectivity index (χ3v) is 6.05. The van der Waals surface area contributed by atoms with Gasteiger partial charge in [-0.1, -0.05) is 18.2 Å². The summed E-state index contributed by atoms with van der Waals surface area (Å²) in [5.74, 6) is -0.153. The van der Waals surface area contributed by atoms with E-state index in [4.69, 9.17) is 4.74 Å². The number of aromatic nitrogens is 2. The van der Waals surface area contributed by atoms with E-state index in [0.717, 1.165) is 23.9 Å². The Hall–Kier alpha value is -2.86. The van der Waals surface area contributed by atoms with Gasteiger partial charge in [-0.15, -0.1) is 0 Å². The van der Waals surface area contributed by atoms with Gasteiger partial charge >= 0.3 is 0 Å². The molecule has 2 aliphatic rings. The second-order valence-corrected chi connectivity index (χ2v) is 7.78. The number of rotatable bonds is 4. The molecular weight excluding hydrogens is 354 g/mol. The van der Waals surface area contributed by atoms with E-state index in [2.05, 4.69) is 11.1 Å². The number of carbonyl (C=O) groups is 1. The van der Waals surface area contributed by atoms with E-state index in [9.17, 15) is 9.59 Å². The van der Waals surface area contributed by atoms with E-state index in [1.54, 1.807) is 10.8 Å². The topological polar surface area (TPSA) is 67.3 Å². The molecule has 2 aromatic heterocycles. The van der Waals surface area contributed by atoms with Crippen LogP contribution in [0.4, 0.5) is 0 Å². The summed E-state index contributed by atoms with van der Waals surface area (Å²) in [4.78, 5) is 31.3. The van der Waals surface area contributed by atoms with Crippen LogP contribution in [0.15, 0.2) is 47.5 Å². The molecule has 0 saturated carbocycles. The van der Waals surface area contributed by atoms with E-state index in [1.807, 2.05) is 42.3 Å². The Labute approximate surface area is 162 Å². The zero-order chi connectivity index (χ0) is 19.3. The molecule has 6 nitrogen and oxygen atoms in total. The lowest BCUT2D eigenvalue weighted by atomic mass is 10.1. The maximum absolute atomic E-state index is 13.1. The molecule has 0 aliphatic carbocycles. The predicted molar refractivity (Wildman–Crippen MR) is 107 cm³/mol. The quantitative estimate of drug-likeness (QED) is 0.760. The lowest BCUT2D eigenvalue weighted by Gasteiger charge is -2.27. The van der Waals surface area contributed by atoms with Crippen LogP contribution < -0.4 is 5.56 Å². The first-order valence-corrected chi connectivity index (χ1v) is 9.79. The number of aromatic amines is 1. The number of carbonyl (C=O) groups excluding carboxylic acids is 1. The van der Waals surface area contributed by atoms with Gasteiger partial charge in [0.25, 0.3) is 11.5 Å². The molecule has 2 atom stereocenters. The van der Waals surface area contributed by atoms with Gasteiger partial charge in [-0.25, -0.2) is 0 Å². The molecule has 2 bridgehead atoms. The first-order chi connectivity index (χ1) is 13.6. The van der Waals surface area contributed by atoms with Crippen molar-refractivity contribution in [3.63, 3.8) is 0 Å². The molecule has 1 aromatic carbocycles. The molecule has 2 aliphatic heterocycles. The van der Waals surface area contributed by atoms with Crippen LogP contribution in [0.1, 0.15) is 27.9 Å². The summed E-state index contributed by atoms with van der Waals surface area (Å²) in [5.41, 5.74) is 3.10. The van der Waals surface area contributed by atoms with Crippen molar-refractivity contribution >= 4 is 16.8 Å². The zero-order valence-corrected chi connectivity index (χ0v) is 15.9. The normalized spacial score (nSPS) is 21.0. The second kappa shape index (κ2) is 6.63. The fraction of sp³-hybridized carbons (Fsp3) is 0.364. The van der Waals surface area contributed by atoms with Crippen LogP contribution in [0.25, 0.3) is 10.9 Å². The van der Waals surface area contributed by atoms with Crippen LogP contribution in [-0.4, -0.2) is 45.7 Å². The number of pyridine rings is 1. The monoisotopic (exact) mass is 377 g/mol. The highest BCUT2D eigenvalue weighted by Crippen LogP contribution is 2.29. The van der Waals surface area contributed by atoms with Crippen molar-refractivity contribution in [1.82, 2.24) is 14.5 Å². The fourth-order valence-electron chi connectivity index (χ4n) is 4.47. The molecule has 0 radical (unpaired) electrons. The fourth-order valence-corrected chi connectivity index (χ4v) is 4.47. The maximum atomic E-state index is 13.1. The van der Waals surface area contributed by atoms with Crippen molar-refractivity contribution in [1.29, 1.82) is 0 Å². The van der Waals surface area contributed by atoms with Crippen molar-refractivity contribution in [3.8, 4) is 0 Å². The number of fused-ring (bicyclic) bond motifs is 3. The van der Waals surface area contributed by atoms with Crippen LogP contribution in [-0.2, 0) is 17.7 Å². The summed E-state index contributed by atoms with van der Waals surface area (Å²) in [6.07, 6.45) is 5.52. The zero-order valence-electron chi connectivity index (χ0n) is 15.9.